The Bertz CT molecular complexity index is 1530. The highest BCUT2D eigenvalue weighted by molar-refractivity contribution is 7.90. The van der Waals surface area contributed by atoms with Crippen molar-refractivity contribution in [2.75, 3.05) is 6.26 Å². The Hall–Kier alpha value is -3.29. The van der Waals surface area contributed by atoms with Crippen molar-refractivity contribution in [2.45, 2.75) is 24.9 Å². The minimum absolute atomic E-state index is 0.0541. The van der Waals surface area contributed by atoms with Crippen LogP contribution >= 0.6 is 11.6 Å². The molecule has 4 aromatic rings. The number of pyridine rings is 2. The number of Topliss-reactive ketones (excluding diaryl/α,β-unsaturated/α-hetero) is 1. The molecule has 0 atom stereocenters. The van der Waals surface area contributed by atoms with Gasteiger partial charge in [-0.3, -0.25) is 14.2 Å². The zero-order chi connectivity index (χ0) is 23.8. The van der Waals surface area contributed by atoms with Crippen molar-refractivity contribution in [1.82, 2.24) is 9.55 Å². The lowest BCUT2D eigenvalue weighted by Crippen LogP contribution is -2.28. The van der Waals surface area contributed by atoms with Gasteiger partial charge in [0.25, 0.3) is 5.56 Å². The lowest BCUT2D eigenvalue weighted by molar-refractivity contribution is 0.0979. The Morgan fingerprint density at radius 1 is 1.03 bits per heavy atom. The van der Waals surface area contributed by atoms with Gasteiger partial charge in [-0.1, -0.05) is 54.9 Å². The lowest BCUT2D eigenvalue weighted by Gasteiger charge is -2.19. The van der Waals surface area contributed by atoms with Crippen molar-refractivity contribution in [3.8, 4) is 11.1 Å². The average Bonchev–Trinajstić information content (AvgIpc) is 2.80. The molecule has 0 saturated carbocycles. The first-order chi connectivity index (χ1) is 15.7. The van der Waals surface area contributed by atoms with Crippen LogP contribution < -0.4 is 5.56 Å². The quantitative estimate of drug-likeness (QED) is 0.371. The fourth-order valence-corrected chi connectivity index (χ4v) is 4.56. The average molecular weight is 481 g/mol. The van der Waals surface area contributed by atoms with E-state index in [-0.39, 0.29) is 35.0 Å². The third-order valence-corrected chi connectivity index (χ3v) is 6.64. The molecule has 0 aliphatic heterocycles. The molecule has 0 radical (unpaired) electrons. The molecule has 0 spiro atoms. The van der Waals surface area contributed by atoms with Crippen molar-refractivity contribution in [1.29, 1.82) is 0 Å². The van der Waals surface area contributed by atoms with Gasteiger partial charge in [0.15, 0.2) is 20.6 Å². The van der Waals surface area contributed by atoms with Crippen LogP contribution in [0.25, 0.3) is 21.9 Å². The first kappa shape index (κ1) is 22.9. The van der Waals surface area contributed by atoms with Crippen LogP contribution in [0.4, 0.5) is 0 Å². The molecule has 8 heteroatoms. The van der Waals surface area contributed by atoms with Crippen molar-refractivity contribution >= 4 is 38.0 Å². The summed E-state index contributed by atoms with van der Waals surface area (Å²) < 4.78 is 24.9. The number of rotatable bonds is 6. The van der Waals surface area contributed by atoms with E-state index in [1.807, 2.05) is 30.3 Å². The van der Waals surface area contributed by atoms with Gasteiger partial charge in [0.2, 0.25) is 0 Å². The molecular weight excluding hydrogens is 460 g/mol. The highest BCUT2D eigenvalue weighted by atomic mass is 35.5. The molecule has 6 nitrogen and oxygen atoms in total. The number of sulfone groups is 1. The molecule has 0 unspecified atom stereocenters. The standard InChI is InChI=1S/C25H21ClN2O4S/c1-3-21(29)24-23(17-7-5-4-6-8-17)20-13-18(26)10-11-19(20)25(30)28(24)15-16-9-12-22(27-14-16)33(2,31)32/h4-14H,3,15H2,1-2H3. The molecule has 0 fully saturated rings. The van der Waals surface area contributed by atoms with Gasteiger partial charge in [0, 0.05) is 34.8 Å². The second kappa shape index (κ2) is 8.92. The summed E-state index contributed by atoms with van der Waals surface area (Å²) in [5, 5.41) is 1.46. The minimum Gasteiger partial charge on any atom is -0.300 e. The Morgan fingerprint density at radius 3 is 2.36 bits per heavy atom. The van der Waals surface area contributed by atoms with Gasteiger partial charge in [0.1, 0.15) is 0 Å². The van der Waals surface area contributed by atoms with E-state index in [0.717, 1.165) is 11.8 Å². The zero-order valence-electron chi connectivity index (χ0n) is 18.1. The summed E-state index contributed by atoms with van der Waals surface area (Å²) in [4.78, 5) is 30.8. The van der Waals surface area contributed by atoms with E-state index in [2.05, 4.69) is 4.98 Å². The van der Waals surface area contributed by atoms with Crippen LogP contribution in [0.1, 0.15) is 29.4 Å². The highest BCUT2D eigenvalue weighted by Crippen LogP contribution is 2.33. The summed E-state index contributed by atoms with van der Waals surface area (Å²) in [7, 11) is -3.45. The van der Waals surface area contributed by atoms with Crippen LogP contribution in [0.3, 0.4) is 0 Å². The van der Waals surface area contributed by atoms with Gasteiger partial charge >= 0.3 is 0 Å². The molecule has 0 saturated heterocycles. The third kappa shape index (κ3) is 4.47. The van der Waals surface area contributed by atoms with Crippen LogP contribution in [0.5, 0.6) is 0 Å². The maximum atomic E-state index is 13.5. The number of nitrogens with zero attached hydrogens (tertiary/aromatic N) is 2. The predicted molar refractivity (Wildman–Crippen MR) is 130 cm³/mol. The molecule has 33 heavy (non-hydrogen) atoms. The van der Waals surface area contributed by atoms with Crippen molar-refractivity contribution in [3.05, 3.63) is 93.5 Å². The van der Waals surface area contributed by atoms with E-state index in [9.17, 15) is 18.0 Å². The van der Waals surface area contributed by atoms with E-state index in [1.165, 1.54) is 16.8 Å². The van der Waals surface area contributed by atoms with Gasteiger partial charge in [0.05, 0.1) is 12.2 Å². The van der Waals surface area contributed by atoms with Crippen LogP contribution in [-0.4, -0.2) is 30.0 Å². The molecule has 2 heterocycles. The first-order valence-corrected chi connectivity index (χ1v) is 12.6. The molecule has 2 aromatic carbocycles. The van der Waals surface area contributed by atoms with E-state index in [1.54, 1.807) is 31.2 Å². The summed E-state index contributed by atoms with van der Waals surface area (Å²) in [5.74, 6) is -0.187. The SMILES string of the molecule is CCC(=O)c1c(-c2ccccc2)c2cc(Cl)ccc2c(=O)n1Cc1ccc(S(C)(=O)=O)nc1. The number of halogens is 1. The molecule has 4 rings (SSSR count). The van der Waals surface area contributed by atoms with Gasteiger partial charge in [-0.15, -0.1) is 0 Å². The summed E-state index contributed by atoms with van der Waals surface area (Å²) in [6, 6.07) is 17.4. The van der Waals surface area contributed by atoms with Crippen LogP contribution in [-0.2, 0) is 16.4 Å². The van der Waals surface area contributed by atoms with Gasteiger partial charge < -0.3 is 0 Å². The Morgan fingerprint density at radius 2 is 1.76 bits per heavy atom. The second-order valence-electron chi connectivity index (χ2n) is 7.72. The number of fused-ring (bicyclic) bond motifs is 1. The minimum atomic E-state index is -3.45. The summed E-state index contributed by atoms with van der Waals surface area (Å²) in [6.07, 6.45) is 2.70. The first-order valence-electron chi connectivity index (χ1n) is 10.3. The summed E-state index contributed by atoms with van der Waals surface area (Å²) in [6.45, 7) is 1.81. The van der Waals surface area contributed by atoms with E-state index < -0.39 is 9.84 Å². The van der Waals surface area contributed by atoms with Crippen LogP contribution in [0, 0.1) is 0 Å². The number of ketones is 1. The third-order valence-electron chi connectivity index (χ3n) is 5.40. The maximum absolute atomic E-state index is 13.5. The van der Waals surface area contributed by atoms with Crippen LogP contribution in [0.15, 0.2) is 76.7 Å². The smallest absolute Gasteiger partial charge is 0.259 e. The van der Waals surface area contributed by atoms with Crippen molar-refractivity contribution < 1.29 is 13.2 Å². The monoisotopic (exact) mass is 480 g/mol. The number of hydrogen-bond donors (Lipinski definition) is 0. The predicted octanol–water partition coefficient (Wildman–Crippen LogP) is 4.76. The van der Waals surface area contributed by atoms with E-state index in [0.29, 0.717) is 26.9 Å². The van der Waals surface area contributed by atoms with Crippen molar-refractivity contribution in [2.24, 2.45) is 0 Å². The Kier molecular flexibility index (Phi) is 6.19. The Labute approximate surface area is 196 Å². The Balaban J connectivity index is 2.03. The molecular formula is C25H21ClN2O4S. The highest BCUT2D eigenvalue weighted by Gasteiger charge is 2.23. The van der Waals surface area contributed by atoms with E-state index >= 15 is 0 Å². The normalized spacial score (nSPS) is 11.6. The molecule has 168 valence electrons. The maximum Gasteiger partial charge on any atom is 0.259 e. The molecule has 0 bridgehead atoms. The van der Waals surface area contributed by atoms with Gasteiger partial charge in [-0.2, -0.15) is 0 Å². The summed E-state index contributed by atoms with van der Waals surface area (Å²) >= 11 is 6.27. The number of carbonyl (C=O) groups is 1. The molecule has 0 amide bonds. The molecule has 0 aliphatic rings. The number of benzene rings is 2. The lowest BCUT2D eigenvalue weighted by atomic mass is 9.94. The second-order valence-corrected chi connectivity index (χ2v) is 10.1. The number of hydrogen-bond acceptors (Lipinski definition) is 5. The number of aromatic nitrogens is 2. The molecule has 2 aromatic heterocycles. The fourth-order valence-electron chi connectivity index (χ4n) is 3.83. The van der Waals surface area contributed by atoms with Gasteiger partial charge in [-0.05, 0) is 40.8 Å². The van der Waals surface area contributed by atoms with Gasteiger partial charge in [-0.25, -0.2) is 13.4 Å². The topological polar surface area (TPSA) is 86.1 Å². The molecule has 0 aliphatic carbocycles. The molecule has 0 N–H and O–H groups in total. The van der Waals surface area contributed by atoms with E-state index in [4.69, 9.17) is 11.6 Å². The van der Waals surface area contributed by atoms with Crippen LogP contribution in [0.2, 0.25) is 5.02 Å². The fraction of sp³-hybridized carbons (Fsp3) is 0.160. The number of carbonyl (C=O) groups excluding carboxylic acids is 1. The summed E-state index contributed by atoms with van der Waals surface area (Å²) in [5.41, 5.74) is 1.99. The van der Waals surface area contributed by atoms with Crippen molar-refractivity contribution in [3.63, 3.8) is 0 Å². The largest absolute Gasteiger partial charge is 0.300 e. The zero-order valence-corrected chi connectivity index (χ0v) is 19.7.